The van der Waals surface area contributed by atoms with Crippen molar-refractivity contribution >= 4 is 0 Å². The molecule has 0 amide bonds. The van der Waals surface area contributed by atoms with E-state index in [4.69, 9.17) is 9.72 Å². The summed E-state index contributed by atoms with van der Waals surface area (Å²) in [5.74, 6) is 1.57. The second-order valence-corrected chi connectivity index (χ2v) is 6.38. The van der Waals surface area contributed by atoms with Gasteiger partial charge in [0.2, 0.25) is 0 Å². The van der Waals surface area contributed by atoms with Crippen molar-refractivity contribution in [3.05, 3.63) is 23.3 Å². The summed E-state index contributed by atoms with van der Waals surface area (Å²) in [6, 6.07) is 0.557. The molecule has 0 saturated carbocycles. The Labute approximate surface area is 128 Å². The number of methoxy groups -OCH3 is 1. The van der Waals surface area contributed by atoms with Crippen LogP contribution in [0.2, 0.25) is 0 Å². The minimum absolute atomic E-state index is 0.0423. The van der Waals surface area contributed by atoms with E-state index in [0.717, 1.165) is 38.1 Å². The molecule has 1 aliphatic rings. The van der Waals surface area contributed by atoms with Gasteiger partial charge in [0.15, 0.2) is 5.82 Å². The first kappa shape index (κ1) is 16.4. The van der Waals surface area contributed by atoms with Crippen LogP contribution in [-0.4, -0.2) is 29.7 Å². The highest BCUT2D eigenvalue weighted by Crippen LogP contribution is 2.26. The highest BCUT2D eigenvalue weighted by molar-refractivity contribution is 5.22. The third-order valence-corrected chi connectivity index (χ3v) is 4.21. The summed E-state index contributed by atoms with van der Waals surface area (Å²) in [4.78, 5) is 9.33. The van der Waals surface area contributed by atoms with Gasteiger partial charge in [-0.15, -0.1) is 0 Å². The Morgan fingerprint density at radius 2 is 2.24 bits per heavy atom. The van der Waals surface area contributed by atoms with Crippen LogP contribution in [0, 0.1) is 5.92 Å². The molecular weight excluding hydrogens is 262 g/mol. The standard InChI is InChI=1S/C17H29N3O/c1-5-6-16(21-4)17-19-11-14-9-13(10-18-12(2)3)7-8-15(14)20-17/h11-13,16,18H,5-10H2,1-4H3. The fraction of sp³-hybridized carbons (Fsp3) is 0.765. The van der Waals surface area contributed by atoms with Crippen molar-refractivity contribution in [1.82, 2.24) is 15.3 Å². The Hall–Kier alpha value is -1.00. The molecule has 2 unspecified atom stereocenters. The third-order valence-electron chi connectivity index (χ3n) is 4.21. The monoisotopic (exact) mass is 291 g/mol. The van der Waals surface area contributed by atoms with Gasteiger partial charge in [0.1, 0.15) is 6.10 Å². The van der Waals surface area contributed by atoms with Crippen LogP contribution in [0.1, 0.15) is 63.2 Å². The average Bonchev–Trinajstić information content (AvgIpc) is 2.50. The second-order valence-electron chi connectivity index (χ2n) is 6.38. The zero-order chi connectivity index (χ0) is 15.2. The lowest BCUT2D eigenvalue weighted by Gasteiger charge is -2.25. The zero-order valence-electron chi connectivity index (χ0n) is 13.9. The molecule has 0 saturated heterocycles. The summed E-state index contributed by atoms with van der Waals surface area (Å²) in [5, 5.41) is 3.54. The number of ether oxygens (including phenoxy) is 1. The Kier molecular flexibility index (Phi) is 6.12. The maximum Gasteiger partial charge on any atom is 0.157 e. The molecule has 4 nitrogen and oxygen atoms in total. The topological polar surface area (TPSA) is 47.0 Å². The Balaban J connectivity index is 2.03. The Morgan fingerprint density at radius 3 is 2.90 bits per heavy atom. The molecule has 1 aromatic heterocycles. The fourth-order valence-corrected chi connectivity index (χ4v) is 2.94. The van der Waals surface area contributed by atoms with Crippen LogP contribution in [-0.2, 0) is 17.6 Å². The van der Waals surface area contributed by atoms with Crippen LogP contribution in [0.15, 0.2) is 6.20 Å². The SMILES string of the molecule is CCCC(OC)c1ncc2c(n1)CCC(CNC(C)C)C2. The van der Waals surface area contributed by atoms with E-state index in [-0.39, 0.29) is 6.10 Å². The fourth-order valence-electron chi connectivity index (χ4n) is 2.94. The number of rotatable bonds is 7. The van der Waals surface area contributed by atoms with E-state index >= 15 is 0 Å². The number of nitrogens with one attached hydrogen (secondary N) is 1. The molecule has 0 radical (unpaired) electrons. The molecule has 0 aliphatic heterocycles. The number of hydrogen-bond acceptors (Lipinski definition) is 4. The van der Waals surface area contributed by atoms with Crippen molar-refractivity contribution in [2.24, 2.45) is 5.92 Å². The molecule has 2 atom stereocenters. The normalized spacial score (nSPS) is 19.6. The predicted octanol–water partition coefficient (Wildman–Crippen LogP) is 3.07. The van der Waals surface area contributed by atoms with Gasteiger partial charge in [0.25, 0.3) is 0 Å². The van der Waals surface area contributed by atoms with Gasteiger partial charge in [0.05, 0.1) is 0 Å². The number of aromatic nitrogens is 2. The van der Waals surface area contributed by atoms with Gasteiger partial charge in [-0.1, -0.05) is 27.2 Å². The van der Waals surface area contributed by atoms with E-state index < -0.39 is 0 Å². The van der Waals surface area contributed by atoms with Gasteiger partial charge in [0, 0.05) is 25.0 Å². The molecule has 2 rings (SSSR count). The van der Waals surface area contributed by atoms with E-state index in [2.05, 4.69) is 31.1 Å². The van der Waals surface area contributed by atoms with E-state index in [1.165, 1.54) is 17.7 Å². The lowest BCUT2D eigenvalue weighted by molar-refractivity contribution is 0.0872. The van der Waals surface area contributed by atoms with Gasteiger partial charge < -0.3 is 10.1 Å². The molecule has 1 aliphatic carbocycles. The quantitative estimate of drug-likeness (QED) is 0.838. The molecule has 21 heavy (non-hydrogen) atoms. The molecule has 1 heterocycles. The molecule has 4 heteroatoms. The molecule has 1 aromatic rings. The minimum Gasteiger partial charge on any atom is -0.373 e. The van der Waals surface area contributed by atoms with E-state index in [1.54, 1.807) is 7.11 Å². The summed E-state index contributed by atoms with van der Waals surface area (Å²) >= 11 is 0. The zero-order valence-corrected chi connectivity index (χ0v) is 13.9. The van der Waals surface area contributed by atoms with E-state index in [9.17, 15) is 0 Å². The highest BCUT2D eigenvalue weighted by atomic mass is 16.5. The van der Waals surface area contributed by atoms with Crippen LogP contribution < -0.4 is 5.32 Å². The van der Waals surface area contributed by atoms with E-state index in [0.29, 0.717) is 12.0 Å². The van der Waals surface area contributed by atoms with Gasteiger partial charge in [-0.2, -0.15) is 0 Å². The molecule has 0 aromatic carbocycles. The third kappa shape index (κ3) is 4.48. The molecule has 1 N–H and O–H groups in total. The van der Waals surface area contributed by atoms with Crippen LogP contribution in [0.3, 0.4) is 0 Å². The van der Waals surface area contributed by atoms with Crippen molar-refractivity contribution in [3.63, 3.8) is 0 Å². The number of fused-ring (bicyclic) bond motifs is 1. The summed E-state index contributed by atoms with van der Waals surface area (Å²) < 4.78 is 5.52. The molecular formula is C17H29N3O. The van der Waals surface area contributed by atoms with Crippen molar-refractivity contribution in [1.29, 1.82) is 0 Å². The van der Waals surface area contributed by atoms with Crippen LogP contribution in [0.4, 0.5) is 0 Å². The molecule has 0 fully saturated rings. The van der Waals surface area contributed by atoms with Gasteiger partial charge in [-0.25, -0.2) is 9.97 Å². The minimum atomic E-state index is 0.0423. The predicted molar refractivity (Wildman–Crippen MR) is 85.3 cm³/mol. The largest absolute Gasteiger partial charge is 0.373 e. The maximum atomic E-state index is 5.52. The first-order chi connectivity index (χ1) is 10.1. The lowest BCUT2D eigenvalue weighted by atomic mass is 9.87. The van der Waals surface area contributed by atoms with Crippen LogP contribution in [0.25, 0.3) is 0 Å². The summed E-state index contributed by atoms with van der Waals surface area (Å²) in [6.07, 6.45) is 7.52. The van der Waals surface area contributed by atoms with Crippen LogP contribution >= 0.6 is 0 Å². The lowest BCUT2D eigenvalue weighted by Crippen LogP contribution is -2.32. The number of hydrogen-bond donors (Lipinski definition) is 1. The smallest absolute Gasteiger partial charge is 0.157 e. The van der Waals surface area contributed by atoms with Gasteiger partial charge in [-0.05, 0) is 43.7 Å². The highest BCUT2D eigenvalue weighted by Gasteiger charge is 2.22. The Bertz CT molecular complexity index is 448. The summed E-state index contributed by atoms with van der Waals surface area (Å²) in [5.41, 5.74) is 2.56. The number of aryl methyl sites for hydroxylation is 1. The summed E-state index contributed by atoms with van der Waals surface area (Å²) in [7, 11) is 1.75. The molecule has 0 spiro atoms. The average molecular weight is 291 g/mol. The molecule has 0 bridgehead atoms. The number of nitrogens with zero attached hydrogens (tertiary/aromatic N) is 2. The van der Waals surface area contributed by atoms with Crippen molar-refractivity contribution in [2.45, 2.75) is 65.0 Å². The first-order valence-corrected chi connectivity index (χ1v) is 8.24. The van der Waals surface area contributed by atoms with Crippen LogP contribution in [0.5, 0.6) is 0 Å². The van der Waals surface area contributed by atoms with E-state index in [1.807, 2.05) is 6.20 Å². The van der Waals surface area contributed by atoms with Gasteiger partial charge in [-0.3, -0.25) is 0 Å². The van der Waals surface area contributed by atoms with Crippen molar-refractivity contribution in [2.75, 3.05) is 13.7 Å². The van der Waals surface area contributed by atoms with Crippen molar-refractivity contribution < 1.29 is 4.74 Å². The second kappa shape index (κ2) is 7.85. The van der Waals surface area contributed by atoms with Gasteiger partial charge >= 0.3 is 0 Å². The summed E-state index contributed by atoms with van der Waals surface area (Å²) in [6.45, 7) is 7.65. The maximum absolute atomic E-state index is 5.52. The molecule has 118 valence electrons. The first-order valence-electron chi connectivity index (χ1n) is 8.24. The Morgan fingerprint density at radius 1 is 1.43 bits per heavy atom. The van der Waals surface area contributed by atoms with Crippen molar-refractivity contribution in [3.8, 4) is 0 Å².